The molecular weight excluding hydrogens is 110 g/mol. The SMILES string of the molecule is N[C@H](C(=O)O)C1CO1. The first-order chi connectivity index (χ1) is 3.72. The monoisotopic (exact) mass is 117 g/mol. The smallest absolute Gasteiger partial charge is 0.323 e. The van der Waals surface area contributed by atoms with Gasteiger partial charge in [-0.2, -0.15) is 0 Å². The molecule has 0 amide bonds. The Morgan fingerprint density at radius 2 is 2.50 bits per heavy atom. The Morgan fingerprint density at radius 3 is 2.62 bits per heavy atom. The minimum atomic E-state index is -0.993. The first-order valence-electron chi connectivity index (χ1n) is 2.32. The van der Waals surface area contributed by atoms with Gasteiger partial charge in [-0.05, 0) is 0 Å². The standard InChI is InChI=1S/C4H7NO3/c5-3(4(6)7)2-1-8-2/h2-3H,1,5H2,(H,6,7)/t2?,3-/m0/s1. The maximum Gasteiger partial charge on any atom is 0.323 e. The molecule has 4 heteroatoms. The van der Waals surface area contributed by atoms with Crippen molar-refractivity contribution in [1.82, 2.24) is 0 Å². The molecule has 0 aromatic heterocycles. The lowest BCUT2D eigenvalue weighted by atomic mass is 10.2. The van der Waals surface area contributed by atoms with Crippen molar-refractivity contribution in [3.8, 4) is 0 Å². The zero-order chi connectivity index (χ0) is 6.15. The van der Waals surface area contributed by atoms with E-state index in [1.54, 1.807) is 0 Å². The summed E-state index contributed by atoms with van der Waals surface area (Å²) in [6.07, 6.45) is -0.229. The molecule has 1 aliphatic rings. The second kappa shape index (κ2) is 1.72. The average molecular weight is 117 g/mol. The molecule has 1 rings (SSSR count). The summed E-state index contributed by atoms with van der Waals surface area (Å²) < 4.78 is 4.63. The molecule has 1 fully saturated rings. The number of epoxide rings is 1. The number of aliphatic carboxylic acids is 1. The minimum Gasteiger partial charge on any atom is -0.480 e. The van der Waals surface area contributed by atoms with E-state index in [-0.39, 0.29) is 6.10 Å². The van der Waals surface area contributed by atoms with Gasteiger partial charge in [-0.3, -0.25) is 4.79 Å². The van der Waals surface area contributed by atoms with Crippen LogP contribution in [0.4, 0.5) is 0 Å². The summed E-state index contributed by atoms with van der Waals surface area (Å²) in [6.45, 7) is 0.494. The Balaban J connectivity index is 2.32. The molecule has 0 aromatic carbocycles. The van der Waals surface area contributed by atoms with Crippen molar-refractivity contribution in [3.63, 3.8) is 0 Å². The third-order valence-electron chi connectivity index (χ3n) is 1.04. The largest absolute Gasteiger partial charge is 0.480 e. The van der Waals surface area contributed by atoms with Crippen LogP contribution >= 0.6 is 0 Å². The van der Waals surface area contributed by atoms with E-state index in [4.69, 9.17) is 10.8 Å². The van der Waals surface area contributed by atoms with Crippen molar-refractivity contribution in [2.24, 2.45) is 5.73 Å². The molecule has 1 unspecified atom stereocenters. The van der Waals surface area contributed by atoms with E-state index in [1.807, 2.05) is 0 Å². The fraction of sp³-hybridized carbons (Fsp3) is 0.750. The predicted octanol–water partition coefficient (Wildman–Crippen LogP) is -1.20. The van der Waals surface area contributed by atoms with E-state index >= 15 is 0 Å². The number of rotatable bonds is 2. The van der Waals surface area contributed by atoms with Gasteiger partial charge in [0.05, 0.1) is 6.61 Å². The lowest BCUT2D eigenvalue weighted by Gasteiger charge is -1.97. The fourth-order valence-electron chi connectivity index (χ4n) is 0.422. The van der Waals surface area contributed by atoms with Crippen molar-refractivity contribution in [2.45, 2.75) is 12.1 Å². The Hall–Kier alpha value is -0.610. The molecule has 2 atom stereocenters. The van der Waals surface area contributed by atoms with Crippen molar-refractivity contribution in [1.29, 1.82) is 0 Å². The van der Waals surface area contributed by atoms with Crippen LogP contribution in [0, 0.1) is 0 Å². The molecule has 8 heavy (non-hydrogen) atoms. The van der Waals surface area contributed by atoms with Gasteiger partial charge < -0.3 is 15.6 Å². The van der Waals surface area contributed by atoms with Gasteiger partial charge in [0.2, 0.25) is 0 Å². The fourth-order valence-corrected chi connectivity index (χ4v) is 0.422. The second-order valence-corrected chi connectivity index (χ2v) is 1.74. The van der Waals surface area contributed by atoms with Crippen LogP contribution in [0.1, 0.15) is 0 Å². The van der Waals surface area contributed by atoms with Gasteiger partial charge in [0.15, 0.2) is 0 Å². The van der Waals surface area contributed by atoms with Crippen molar-refractivity contribution >= 4 is 5.97 Å². The van der Waals surface area contributed by atoms with Gasteiger partial charge in [-0.15, -0.1) is 0 Å². The van der Waals surface area contributed by atoms with E-state index in [1.165, 1.54) is 0 Å². The van der Waals surface area contributed by atoms with Crippen LogP contribution in [0.25, 0.3) is 0 Å². The van der Waals surface area contributed by atoms with Crippen LogP contribution in [0.3, 0.4) is 0 Å². The zero-order valence-electron chi connectivity index (χ0n) is 4.20. The highest BCUT2D eigenvalue weighted by Crippen LogP contribution is 2.11. The van der Waals surface area contributed by atoms with Crippen LogP contribution in [0.2, 0.25) is 0 Å². The summed E-state index contributed by atoms with van der Waals surface area (Å²) in [4.78, 5) is 9.98. The number of hydrogen-bond acceptors (Lipinski definition) is 3. The number of carbonyl (C=O) groups is 1. The van der Waals surface area contributed by atoms with Gasteiger partial charge in [-0.25, -0.2) is 0 Å². The van der Waals surface area contributed by atoms with Gasteiger partial charge >= 0.3 is 5.97 Å². The molecule has 1 saturated heterocycles. The summed E-state index contributed by atoms with van der Waals surface area (Å²) in [5, 5.41) is 8.19. The molecule has 46 valence electrons. The molecule has 3 N–H and O–H groups in total. The lowest BCUT2D eigenvalue weighted by molar-refractivity contribution is -0.138. The number of carboxylic acids is 1. The molecule has 0 saturated carbocycles. The summed E-state index contributed by atoms with van der Waals surface area (Å²) in [5.74, 6) is -0.993. The Kier molecular flexibility index (Phi) is 1.19. The normalized spacial score (nSPS) is 29.4. The van der Waals surface area contributed by atoms with Gasteiger partial charge in [0.1, 0.15) is 12.1 Å². The van der Waals surface area contributed by atoms with Crippen LogP contribution in [0.15, 0.2) is 0 Å². The van der Waals surface area contributed by atoms with E-state index in [0.29, 0.717) is 6.61 Å². The topological polar surface area (TPSA) is 75.9 Å². The maximum atomic E-state index is 9.98. The number of ether oxygens (including phenoxy) is 1. The highest BCUT2D eigenvalue weighted by Gasteiger charge is 2.34. The molecule has 0 bridgehead atoms. The zero-order valence-corrected chi connectivity index (χ0v) is 4.20. The van der Waals surface area contributed by atoms with E-state index in [0.717, 1.165) is 0 Å². The predicted molar refractivity (Wildman–Crippen MR) is 25.4 cm³/mol. The minimum absolute atomic E-state index is 0.229. The first-order valence-corrected chi connectivity index (χ1v) is 2.32. The van der Waals surface area contributed by atoms with Gasteiger partial charge in [0.25, 0.3) is 0 Å². The quantitative estimate of drug-likeness (QED) is 0.445. The Labute approximate surface area is 46.2 Å². The van der Waals surface area contributed by atoms with Crippen LogP contribution in [-0.2, 0) is 9.53 Å². The molecule has 4 nitrogen and oxygen atoms in total. The maximum absolute atomic E-state index is 9.98. The summed E-state index contributed by atoms with van der Waals surface area (Å²) in [6, 6.07) is -0.824. The first kappa shape index (κ1) is 5.53. The van der Waals surface area contributed by atoms with Crippen molar-refractivity contribution in [2.75, 3.05) is 6.61 Å². The second-order valence-electron chi connectivity index (χ2n) is 1.74. The Bertz CT molecular complexity index is 110. The molecule has 0 aliphatic carbocycles. The average Bonchev–Trinajstić information content (AvgIpc) is 2.43. The summed E-state index contributed by atoms with van der Waals surface area (Å²) in [7, 11) is 0. The van der Waals surface area contributed by atoms with Crippen LogP contribution < -0.4 is 5.73 Å². The van der Waals surface area contributed by atoms with Gasteiger partial charge in [0, 0.05) is 0 Å². The van der Waals surface area contributed by atoms with Gasteiger partial charge in [-0.1, -0.05) is 0 Å². The van der Waals surface area contributed by atoms with Crippen LogP contribution in [0.5, 0.6) is 0 Å². The third-order valence-corrected chi connectivity index (χ3v) is 1.04. The Morgan fingerprint density at radius 1 is 2.00 bits per heavy atom. The van der Waals surface area contributed by atoms with E-state index in [9.17, 15) is 4.79 Å². The van der Waals surface area contributed by atoms with Crippen molar-refractivity contribution in [3.05, 3.63) is 0 Å². The lowest BCUT2D eigenvalue weighted by Crippen LogP contribution is -2.35. The highest BCUT2D eigenvalue weighted by atomic mass is 16.6. The molecule has 0 aromatic rings. The summed E-state index contributed by atoms with van der Waals surface area (Å²) >= 11 is 0. The number of carboxylic acid groups (broad SMARTS) is 1. The van der Waals surface area contributed by atoms with E-state index < -0.39 is 12.0 Å². The molecule has 0 spiro atoms. The third kappa shape index (κ3) is 0.962. The number of hydrogen-bond donors (Lipinski definition) is 2. The summed E-state index contributed by atoms with van der Waals surface area (Å²) in [5.41, 5.74) is 5.10. The molecule has 1 aliphatic heterocycles. The molecule has 1 heterocycles. The molecule has 0 radical (unpaired) electrons. The van der Waals surface area contributed by atoms with Crippen molar-refractivity contribution < 1.29 is 14.6 Å². The number of nitrogens with two attached hydrogens (primary N) is 1. The van der Waals surface area contributed by atoms with E-state index in [2.05, 4.69) is 4.74 Å². The van der Waals surface area contributed by atoms with Crippen LogP contribution in [-0.4, -0.2) is 29.8 Å². The highest BCUT2D eigenvalue weighted by molar-refractivity contribution is 5.74. The molecular formula is C4H7NO3.